The predicted octanol–water partition coefficient (Wildman–Crippen LogP) is 1.41. The van der Waals surface area contributed by atoms with Crippen LogP contribution in [0.2, 0.25) is 0 Å². The van der Waals surface area contributed by atoms with E-state index in [1.54, 1.807) is 11.9 Å². The summed E-state index contributed by atoms with van der Waals surface area (Å²) in [6, 6.07) is 7.58. The van der Waals surface area contributed by atoms with Gasteiger partial charge in [-0.2, -0.15) is 0 Å². The van der Waals surface area contributed by atoms with E-state index in [0.717, 1.165) is 5.69 Å². The molecule has 0 saturated carbocycles. The molecule has 0 aromatic heterocycles. The third-order valence-electron chi connectivity index (χ3n) is 4.00. The van der Waals surface area contributed by atoms with Crippen molar-refractivity contribution in [3.63, 3.8) is 0 Å². The van der Waals surface area contributed by atoms with Gasteiger partial charge in [0.15, 0.2) is 0 Å². The number of rotatable bonds is 2. The second-order valence-corrected chi connectivity index (χ2v) is 5.87. The van der Waals surface area contributed by atoms with Gasteiger partial charge in [-0.3, -0.25) is 4.79 Å². The van der Waals surface area contributed by atoms with Crippen LogP contribution in [0.15, 0.2) is 24.3 Å². The lowest BCUT2D eigenvalue weighted by Crippen LogP contribution is -2.66. The van der Waals surface area contributed by atoms with Crippen LogP contribution in [0.1, 0.15) is 19.4 Å². The summed E-state index contributed by atoms with van der Waals surface area (Å²) in [5.74, 6) is -0.0284. The first-order chi connectivity index (χ1) is 8.86. The van der Waals surface area contributed by atoms with Gasteiger partial charge in [0.1, 0.15) is 6.04 Å². The normalized spacial score (nSPS) is 22.8. The molecule has 0 bridgehead atoms. The number of anilines is 1. The van der Waals surface area contributed by atoms with Crippen molar-refractivity contribution in [2.75, 3.05) is 25.1 Å². The first-order valence-corrected chi connectivity index (χ1v) is 6.58. The summed E-state index contributed by atoms with van der Waals surface area (Å²) in [6.07, 6.45) is 0. The van der Waals surface area contributed by atoms with E-state index in [4.69, 9.17) is 0 Å². The highest BCUT2D eigenvalue weighted by molar-refractivity contribution is 5.87. The largest absolute Gasteiger partial charge is 0.394 e. The fraction of sp³-hybridized carbons (Fsp3) is 0.533. The molecule has 0 radical (unpaired) electrons. The van der Waals surface area contributed by atoms with Gasteiger partial charge in [0.2, 0.25) is 5.91 Å². The number of aryl methyl sites for hydroxylation is 1. The maximum Gasteiger partial charge on any atom is 0.247 e. The maximum absolute atomic E-state index is 12.3. The SMILES string of the molecule is Cc1ccc(N2CC(C)(C)N(C)C(=O)C2CO)cc1. The van der Waals surface area contributed by atoms with Gasteiger partial charge in [0, 0.05) is 19.3 Å². The number of hydrogen-bond acceptors (Lipinski definition) is 3. The van der Waals surface area contributed by atoms with Crippen LogP contribution in [0.4, 0.5) is 5.69 Å². The third kappa shape index (κ3) is 2.45. The predicted molar refractivity (Wildman–Crippen MR) is 76.2 cm³/mol. The summed E-state index contributed by atoms with van der Waals surface area (Å²) in [5, 5.41) is 9.55. The van der Waals surface area contributed by atoms with Crippen molar-refractivity contribution >= 4 is 11.6 Å². The number of aliphatic hydroxyl groups is 1. The van der Waals surface area contributed by atoms with E-state index in [9.17, 15) is 9.90 Å². The smallest absolute Gasteiger partial charge is 0.247 e. The Labute approximate surface area is 114 Å². The van der Waals surface area contributed by atoms with Gasteiger partial charge < -0.3 is 14.9 Å². The molecule has 0 aliphatic carbocycles. The van der Waals surface area contributed by atoms with E-state index in [0.29, 0.717) is 6.54 Å². The molecule has 19 heavy (non-hydrogen) atoms. The second kappa shape index (κ2) is 4.85. The molecule has 1 N–H and O–H groups in total. The summed E-state index contributed by atoms with van der Waals surface area (Å²) in [4.78, 5) is 16.1. The molecule has 1 aromatic rings. The molecule has 1 heterocycles. The Balaban J connectivity index is 2.37. The maximum atomic E-state index is 12.3. The van der Waals surface area contributed by atoms with Gasteiger partial charge in [-0.15, -0.1) is 0 Å². The van der Waals surface area contributed by atoms with Crippen molar-refractivity contribution in [3.05, 3.63) is 29.8 Å². The quantitative estimate of drug-likeness (QED) is 0.876. The molecule has 4 nitrogen and oxygen atoms in total. The number of hydrogen-bond donors (Lipinski definition) is 1. The number of benzene rings is 1. The minimum Gasteiger partial charge on any atom is -0.394 e. The van der Waals surface area contributed by atoms with Gasteiger partial charge in [-0.05, 0) is 32.9 Å². The first-order valence-electron chi connectivity index (χ1n) is 6.58. The third-order valence-corrected chi connectivity index (χ3v) is 4.00. The molecule has 1 aromatic carbocycles. The van der Waals surface area contributed by atoms with Gasteiger partial charge >= 0.3 is 0 Å². The summed E-state index contributed by atoms with van der Waals surface area (Å²) in [5.41, 5.74) is 1.93. The van der Waals surface area contributed by atoms with Crippen molar-refractivity contribution < 1.29 is 9.90 Å². The highest BCUT2D eigenvalue weighted by atomic mass is 16.3. The topological polar surface area (TPSA) is 43.8 Å². The van der Waals surface area contributed by atoms with Crippen LogP contribution in [0.25, 0.3) is 0 Å². The summed E-state index contributed by atoms with van der Waals surface area (Å²) in [6.45, 7) is 6.67. The van der Waals surface area contributed by atoms with Gasteiger partial charge in [-0.25, -0.2) is 0 Å². The minimum absolute atomic E-state index is 0.0284. The Hall–Kier alpha value is -1.55. The summed E-state index contributed by atoms with van der Waals surface area (Å²) in [7, 11) is 1.80. The van der Waals surface area contributed by atoms with Crippen LogP contribution in [0.3, 0.4) is 0 Å². The lowest BCUT2D eigenvalue weighted by atomic mass is 9.95. The Morgan fingerprint density at radius 3 is 2.42 bits per heavy atom. The highest BCUT2D eigenvalue weighted by Gasteiger charge is 2.42. The number of carbonyl (C=O) groups is 1. The molecule has 4 heteroatoms. The van der Waals surface area contributed by atoms with E-state index < -0.39 is 6.04 Å². The van der Waals surface area contributed by atoms with Crippen LogP contribution < -0.4 is 4.90 Å². The summed E-state index contributed by atoms with van der Waals surface area (Å²) >= 11 is 0. The van der Waals surface area contributed by atoms with Crippen LogP contribution in [0.5, 0.6) is 0 Å². The molecule has 1 fully saturated rings. The fourth-order valence-corrected chi connectivity index (χ4v) is 2.47. The number of nitrogens with zero attached hydrogens (tertiary/aromatic N) is 2. The van der Waals surface area contributed by atoms with E-state index in [1.165, 1.54) is 5.56 Å². The molecule has 1 saturated heterocycles. The number of carbonyl (C=O) groups excluding carboxylic acids is 1. The molecule has 1 atom stereocenters. The van der Waals surface area contributed by atoms with Crippen LogP contribution in [-0.2, 0) is 4.79 Å². The van der Waals surface area contributed by atoms with Gasteiger partial charge in [-0.1, -0.05) is 17.7 Å². The monoisotopic (exact) mass is 262 g/mol. The van der Waals surface area contributed by atoms with Crippen molar-refractivity contribution in [2.24, 2.45) is 0 Å². The van der Waals surface area contributed by atoms with Crippen LogP contribution in [-0.4, -0.2) is 47.7 Å². The Bertz CT molecular complexity index is 468. The molecule has 104 valence electrons. The van der Waals surface area contributed by atoms with Crippen molar-refractivity contribution in [2.45, 2.75) is 32.4 Å². The van der Waals surface area contributed by atoms with E-state index in [2.05, 4.69) is 0 Å². The number of amides is 1. The molecule has 1 unspecified atom stereocenters. The number of aliphatic hydroxyl groups excluding tert-OH is 1. The van der Waals surface area contributed by atoms with Crippen LogP contribution in [0, 0.1) is 6.92 Å². The molecular formula is C15H22N2O2. The fourth-order valence-electron chi connectivity index (χ4n) is 2.47. The van der Waals surface area contributed by atoms with E-state index in [1.807, 2.05) is 49.9 Å². The lowest BCUT2D eigenvalue weighted by molar-refractivity contribution is -0.139. The average molecular weight is 262 g/mol. The van der Waals surface area contributed by atoms with Gasteiger partial charge in [0.05, 0.1) is 12.1 Å². The first kappa shape index (κ1) is 13.9. The molecule has 1 aliphatic heterocycles. The number of likely N-dealkylation sites (N-methyl/N-ethyl adjacent to an activating group) is 1. The zero-order valence-corrected chi connectivity index (χ0v) is 12.1. The zero-order valence-electron chi connectivity index (χ0n) is 12.1. The van der Waals surface area contributed by atoms with Crippen molar-refractivity contribution in [3.8, 4) is 0 Å². The Kier molecular flexibility index (Phi) is 3.54. The molecule has 1 aliphatic rings. The zero-order chi connectivity index (χ0) is 14.2. The number of piperazine rings is 1. The molecule has 0 spiro atoms. The Morgan fingerprint density at radius 2 is 1.89 bits per heavy atom. The van der Waals surface area contributed by atoms with E-state index >= 15 is 0 Å². The summed E-state index contributed by atoms with van der Waals surface area (Å²) < 4.78 is 0. The Morgan fingerprint density at radius 1 is 1.32 bits per heavy atom. The second-order valence-electron chi connectivity index (χ2n) is 5.87. The van der Waals surface area contributed by atoms with Crippen molar-refractivity contribution in [1.82, 2.24) is 4.90 Å². The molecular weight excluding hydrogens is 240 g/mol. The molecule has 2 rings (SSSR count). The van der Waals surface area contributed by atoms with Gasteiger partial charge in [0.25, 0.3) is 0 Å². The standard InChI is InChI=1S/C15H22N2O2/c1-11-5-7-12(8-6-11)17-10-15(2,3)16(4)14(19)13(17)9-18/h5-8,13,18H,9-10H2,1-4H3. The van der Waals surface area contributed by atoms with Crippen molar-refractivity contribution in [1.29, 1.82) is 0 Å². The minimum atomic E-state index is -0.485. The molecule has 1 amide bonds. The lowest BCUT2D eigenvalue weighted by Gasteiger charge is -2.49. The van der Waals surface area contributed by atoms with E-state index in [-0.39, 0.29) is 18.1 Å². The average Bonchev–Trinajstić information content (AvgIpc) is 2.37. The van der Waals surface area contributed by atoms with Crippen LogP contribution >= 0.6 is 0 Å². The highest BCUT2D eigenvalue weighted by Crippen LogP contribution is 2.28.